The van der Waals surface area contributed by atoms with Crippen molar-refractivity contribution in [3.05, 3.63) is 53.3 Å². The molecule has 26 heavy (non-hydrogen) atoms. The topological polar surface area (TPSA) is 123 Å². The molecule has 2 aromatic carbocycles. The normalized spacial score (nSPS) is 15.4. The van der Waals surface area contributed by atoms with Crippen molar-refractivity contribution in [1.82, 2.24) is 4.72 Å². The lowest BCUT2D eigenvalue weighted by Crippen LogP contribution is -2.30. The van der Waals surface area contributed by atoms with E-state index in [1.165, 1.54) is 6.07 Å². The Morgan fingerprint density at radius 3 is 2.73 bits per heavy atom. The number of halogens is 1. The monoisotopic (exact) mass is 376 g/mol. The Balaban J connectivity index is 1.84. The number of carbonyl (C=O) groups is 1. The molecule has 1 heterocycles. The molecule has 10 heteroatoms. The quantitative estimate of drug-likeness (QED) is 0.737. The molecule has 1 fully saturated rings. The Morgan fingerprint density at radius 2 is 2.12 bits per heavy atom. The highest BCUT2D eigenvalue weighted by atomic mass is 32.2. The van der Waals surface area contributed by atoms with Gasteiger partial charge >= 0.3 is 10.2 Å². The first-order valence-corrected chi connectivity index (χ1v) is 8.83. The van der Waals surface area contributed by atoms with E-state index in [-0.39, 0.29) is 6.54 Å². The highest BCUT2D eigenvalue weighted by molar-refractivity contribution is 7.92. The van der Waals surface area contributed by atoms with Crippen molar-refractivity contribution in [2.24, 2.45) is 0 Å². The molecule has 134 valence electrons. The van der Waals surface area contributed by atoms with E-state index in [4.69, 9.17) is 5.26 Å². The molecule has 0 radical (unpaired) electrons. The highest BCUT2D eigenvalue weighted by Gasteiger charge is 2.37. The van der Waals surface area contributed by atoms with Crippen LogP contribution in [-0.2, 0) is 21.5 Å². The fourth-order valence-corrected chi connectivity index (χ4v) is 3.71. The summed E-state index contributed by atoms with van der Waals surface area (Å²) in [6, 6.07) is 10.9. The summed E-state index contributed by atoms with van der Waals surface area (Å²) in [5.74, 6) is -2.40. The second-order valence-corrected chi connectivity index (χ2v) is 7.12. The van der Waals surface area contributed by atoms with Gasteiger partial charge < -0.3 is 10.4 Å². The summed E-state index contributed by atoms with van der Waals surface area (Å²) in [5.41, 5.74) is 0.848. The van der Waals surface area contributed by atoms with E-state index in [9.17, 15) is 22.7 Å². The Hall–Kier alpha value is -3.32. The lowest BCUT2D eigenvalue weighted by Gasteiger charge is -2.18. The molecule has 0 aliphatic carbocycles. The maximum absolute atomic E-state index is 14.4. The molecule has 3 rings (SSSR count). The van der Waals surface area contributed by atoms with E-state index >= 15 is 0 Å². The number of phenolic OH excluding ortho intramolecular Hbond substituents is 1. The third-order valence-electron chi connectivity index (χ3n) is 3.66. The lowest BCUT2D eigenvalue weighted by molar-refractivity contribution is -0.117. The van der Waals surface area contributed by atoms with Gasteiger partial charge in [-0.3, -0.25) is 4.79 Å². The zero-order chi connectivity index (χ0) is 18.9. The Bertz CT molecular complexity index is 1010. The largest absolute Gasteiger partial charge is 0.506 e. The number of nitrogens with zero attached hydrogens (tertiary/aromatic N) is 2. The summed E-state index contributed by atoms with van der Waals surface area (Å²) in [7, 11) is -4.22. The van der Waals surface area contributed by atoms with Gasteiger partial charge in [-0.15, -0.1) is 0 Å². The van der Waals surface area contributed by atoms with Crippen molar-refractivity contribution in [1.29, 1.82) is 5.26 Å². The van der Waals surface area contributed by atoms with Gasteiger partial charge in [0, 0.05) is 12.2 Å². The van der Waals surface area contributed by atoms with Crippen LogP contribution < -0.4 is 14.3 Å². The number of rotatable bonds is 4. The van der Waals surface area contributed by atoms with Gasteiger partial charge in [0.05, 0.1) is 11.6 Å². The van der Waals surface area contributed by atoms with Crippen LogP contribution in [0.15, 0.2) is 36.4 Å². The first kappa shape index (κ1) is 17.5. The minimum absolute atomic E-state index is 0.129. The maximum atomic E-state index is 14.4. The number of benzene rings is 2. The van der Waals surface area contributed by atoms with Crippen molar-refractivity contribution in [2.75, 3.05) is 16.2 Å². The molecule has 0 aromatic heterocycles. The molecule has 2 aromatic rings. The summed E-state index contributed by atoms with van der Waals surface area (Å²) in [6.07, 6.45) is 0. The van der Waals surface area contributed by atoms with Crippen LogP contribution in [0.2, 0.25) is 0 Å². The number of nitriles is 1. The number of hydrogen-bond acceptors (Lipinski definition) is 6. The zero-order valence-corrected chi connectivity index (χ0v) is 14.0. The second-order valence-electron chi connectivity index (χ2n) is 5.53. The molecule has 0 saturated carbocycles. The number of hydrogen-bond donors (Lipinski definition) is 3. The average molecular weight is 376 g/mol. The maximum Gasteiger partial charge on any atom is 0.326 e. The molecule has 1 aliphatic heterocycles. The van der Waals surface area contributed by atoms with E-state index < -0.39 is 39.9 Å². The summed E-state index contributed by atoms with van der Waals surface area (Å²) in [6.45, 7) is -0.477. The van der Waals surface area contributed by atoms with E-state index in [0.29, 0.717) is 21.1 Å². The first-order chi connectivity index (χ1) is 12.3. The van der Waals surface area contributed by atoms with Gasteiger partial charge in [-0.2, -0.15) is 13.7 Å². The smallest absolute Gasteiger partial charge is 0.326 e. The van der Waals surface area contributed by atoms with Crippen molar-refractivity contribution >= 4 is 27.5 Å². The minimum atomic E-state index is -4.22. The predicted molar refractivity (Wildman–Crippen MR) is 91.0 cm³/mol. The van der Waals surface area contributed by atoms with E-state index in [2.05, 4.69) is 5.32 Å². The van der Waals surface area contributed by atoms with Gasteiger partial charge in [0.2, 0.25) is 0 Å². The zero-order valence-electron chi connectivity index (χ0n) is 13.2. The van der Waals surface area contributed by atoms with Crippen molar-refractivity contribution in [3.8, 4) is 11.8 Å². The summed E-state index contributed by atoms with van der Waals surface area (Å²) < 4.78 is 40.2. The molecule has 0 bridgehead atoms. The molecule has 3 N–H and O–H groups in total. The summed E-state index contributed by atoms with van der Waals surface area (Å²) in [5, 5.41) is 21.9. The van der Waals surface area contributed by atoms with Crippen LogP contribution in [0.3, 0.4) is 0 Å². The van der Waals surface area contributed by atoms with Gasteiger partial charge in [-0.1, -0.05) is 6.07 Å². The third-order valence-corrected chi connectivity index (χ3v) is 5.04. The number of aromatic hydroxyl groups is 1. The van der Waals surface area contributed by atoms with Gasteiger partial charge in [-0.25, -0.2) is 13.4 Å². The van der Waals surface area contributed by atoms with Gasteiger partial charge in [0.15, 0.2) is 5.82 Å². The van der Waals surface area contributed by atoms with Gasteiger partial charge in [0.1, 0.15) is 18.0 Å². The SMILES string of the molecule is N#Cc1cccc(NCc2cc(O)c(N3CC(=O)NS3(=O)=O)c(F)c2)c1. The Kier molecular flexibility index (Phi) is 4.40. The summed E-state index contributed by atoms with van der Waals surface area (Å²) in [4.78, 5) is 11.3. The molecule has 1 saturated heterocycles. The van der Waals surface area contributed by atoms with E-state index in [1.54, 1.807) is 29.0 Å². The first-order valence-electron chi connectivity index (χ1n) is 7.39. The van der Waals surface area contributed by atoms with E-state index in [1.807, 2.05) is 6.07 Å². The fraction of sp³-hybridized carbons (Fsp3) is 0.125. The molecule has 0 spiro atoms. The summed E-state index contributed by atoms with van der Waals surface area (Å²) >= 11 is 0. The Morgan fingerprint density at radius 1 is 1.35 bits per heavy atom. The van der Waals surface area contributed by atoms with Gasteiger partial charge in [0.25, 0.3) is 5.91 Å². The predicted octanol–water partition coefficient (Wildman–Crippen LogP) is 1.20. The average Bonchev–Trinajstić information content (AvgIpc) is 2.85. The number of nitrogens with one attached hydrogen (secondary N) is 2. The number of anilines is 2. The molecular formula is C16H13FN4O4S. The number of phenols is 1. The standard InChI is InChI=1S/C16H13FN4O4S/c17-13-5-11(8-19-12-3-1-2-10(4-12)7-18)6-14(22)16(13)21-9-15(23)20-26(21,24)25/h1-6,19,22H,8-9H2,(H,20,23). The molecule has 0 unspecified atom stereocenters. The van der Waals surface area contributed by atoms with Crippen LogP contribution in [0.5, 0.6) is 5.75 Å². The van der Waals surface area contributed by atoms with Crippen molar-refractivity contribution in [2.45, 2.75) is 6.54 Å². The molecule has 8 nitrogen and oxygen atoms in total. The van der Waals surface area contributed by atoms with Crippen molar-refractivity contribution in [3.63, 3.8) is 0 Å². The highest BCUT2D eigenvalue weighted by Crippen LogP contribution is 2.34. The third kappa shape index (κ3) is 3.38. The molecular weight excluding hydrogens is 363 g/mol. The number of carbonyl (C=O) groups excluding carboxylic acids is 1. The van der Waals surface area contributed by atoms with Crippen LogP contribution in [0.1, 0.15) is 11.1 Å². The van der Waals surface area contributed by atoms with Crippen LogP contribution in [-0.4, -0.2) is 26.0 Å². The minimum Gasteiger partial charge on any atom is -0.506 e. The van der Waals surface area contributed by atoms with Crippen LogP contribution in [0.25, 0.3) is 0 Å². The van der Waals surface area contributed by atoms with Crippen LogP contribution in [0, 0.1) is 17.1 Å². The van der Waals surface area contributed by atoms with E-state index in [0.717, 1.165) is 6.07 Å². The van der Waals surface area contributed by atoms with Gasteiger partial charge in [-0.05, 0) is 35.9 Å². The number of amides is 1. The van der Waals surface area contributed by atoms with Crippen LogP contribution >= 0.6 is 0 Å². The fourth-order valence-electron chi connectivity index (χ4n) is 2.54. The molecule has 1 amide bonds. The van der Waals surface area contributed by atoms with Crippen molar-refractivity contribution < 1.29 is 22.7 Å². The molecule has 1 aliphatic rings. The molecule has 0 atom stereocenters. The second kappa shape index (κ2) is 6.53. The lowest BCUT2D eigenvalue weighted by atomic mass is 10.1. The Labute approximate surface area is 148 Å². The van der Waals surface area contributed by atoms with Crippen LogP contribution in [0.4, 0.5) is 15.8 Å².